The summed E-state index contributed by atoms with van der Waals surface area (Å²) in [6.45, 7) is 9.89. The van der Waals surface area contributed by atoms with Crippen LogP contribution in [-0.2, 0) is 14.8 Å². The molecule has 0 radical (unpaired) electrons. The molecule has 3 aliphatic heterocycles. The number of H-pyrrole nitrogens is 1. The Morgan fingerprint density at radius 2 is 1.81 bits per heavy atom. The van der Waals surface area contributed by atoms with E-state index in [0.29, 0.717) is 37.2 Å². The number of hydrogen-bond acceptors (Lipinski definition) is 11. The van der Waals surface area contributed by atoms with Crippen molar-refractivity contribution >= 4 is 61.2 Å². The third kappa shape index (κ3) is 8.76. The molecule has 3 aromatic carbocycles. The summed E-state index contributed by atoms with van der Waals surface area (Å²) in [5, 5.41) is 16.7. The zero-order valence-electron chi connectivity index (χ0n) is 34.7. The number of allylic oxidation sites excluding steroid dienone is 1. The molecule has 1 aliphatic carbocycles. The number of carbonyl (C=O) groups is 1. The van der Waals surface area contributed by atoms with Gasteiger partial charge in [-0.2, -0.15) is 0 Å². The molecule has 1 amide bonds. The van der Waals surface area contributed by atoms with Gasteiger partial charge in [0.2, 0.25) is 0 Å². The molecule has 62 heavy (non-hydrogen) atoms. The van der Waals surface area contributed by atoms with Crippen LogP contribution in [0.25, 0.3) is 16.6 Å². The number of fused-ring (bicyclic) bond motifs is 1. The number of rotatable bonds is 12. The van der Waals surface area contributed by atoms with Crippen molar-refractivity contribution in [2.75, 3.05) is 56.2 Å². The SMILES string of the molecule is CC1(C)C=C(c2ccc(Cl)cc2)C(N2CC3(CCN(c4ccc(C(=O)NS(=O)(=O)c5ccc(NCC6CCOCC6)c([N+](=O)[O-])c5)c(Oc5cnc6[nH]ccc6c5)c4)C3)C2)CC1. The first-order valence-corrected chi connectivity index (χ1v) is 23.0. The summed E-state index contributed by atoms with van der Waals surface area (Å²) >= 11 is 6.26. The van der Waals surface area contributed by atoms with Gasteiger partial charge >= 0.3 is 0 Å². The van der Waals surface area contributed by atoms with Gasteiger partial charge in [0, 0.05) is 91.8 Å². The number of pyridine rings is 1. The molecule has 1 atom stereocenters. The van der Waals surface area contributed by atoms with Crippen LogP contribution in [0, 0.1) is 26.9 Å². The van der Waals surface area contributed by atoms with Crippen molar-refractivity contribution in [2.45, 2.75) is 56.9 Å². The van der Waals surface area contributed by atoms with Gasteiger partial charge in [-0.1, -0.05) is 43.7 Å². The van der Waals surface area contributed by atoms with Gasteiger partial charge in [0.15, 0.2) is 0 Å². The van der Waals surface area contributed by atoms with Crippen LogP contribution in [0.2, 0.25) is 5.02 Å². The molecule has 3 N–H and O–H groups in total. The number of ether oxygens (including phenoxy) is 2. The Morgan fingerprint density at radius 3 is 2.58 bits per heavy atom. The van der Waals surface area contributed by atoms with E-state index >= 15 is 0 Å². The van der Waals surface area contributed by atoms with Gasteiger partial charge in [0.05, 0.1) is 21.6 Å². The zero-order chi connectivity index (χ0) is 43.2. The Balaban J connectivity index is 0.935. The molecule has 0 saturated carbocycles. The van der Waals surface area contributed by atoms with Crippen molar-refractivity contribution in [1.82, 2.24) is 19.6 Å². The van der Waals surface area contributed by atoms with E-state index in [1.807, 2.05) is 24.3 Å². The van der Waals surface area contributed by atoms with Crippen LogP contribution in [0.5, 0.6) is 11.5 Å². The third-order valence-electron chi connectivity index (χ3n) is 12.9. The monoisotopic (exact) mass is 879 g/mol. The van der Waals surface area contributed by atoms with Gasteiger partial charge in [0.1, 0.15) is 22.8 Å². The van der Waals surface area contributed by atoms with Gasteiger partial charge in [0.25, 0.3) is 21.6 Å². The number of nitrogens with one attached hydrogen (secondary N) is 3. The van der Waals surface area contributed by atoms with E-state index in [1.165, 1.54) is 29.5 Å². The lowest BCUT2D eigenvalue weighted by Crippen LogP contribution is -2.61. The number of hydrogen-bond donors (Lipinski definition) is 3. The van der Waals surface area contributed by atoms with E-state index in [4.69, 9.17) is 21.1 Å². The van der Waals surface area contributed by atoms with E-state index in [2.05, 4.69) is 61.9 Å². The maximum atomic E-state index is 14.0. The molecular formula is C46H50ClN7O7S. The maximum Gasteiger partial charge on any atom is 0.293 e. The van der Waals surface area contributed by atoms with E-state index < -0.39 is 31.4 Å². The van der Waals surface area contributed by atoms with Crippen molar-refractivity contribution in [3.63, 3.8) is 0 Å². The van der Waals surface area contributed by atoms with E-state index in [-0.39, 0.29) is 33.7 Å². The summed E-state index contributed by atoms with van der Waals surface area (Å²) < 4.78 is 41.3. The van der Waals surface area contributed by atoms with Crippen LogP contribution in [-0.4, -0.2) is 86.1 Å². The largest absolute Gasteiger partial charge is 0.455 e. The van der Waals surface area contributed by atoms with Crippen LogP contribution in [0.1, 0.15) is 61.9 Å². The van der Waals surface area contributed by atoms with Crippen LogP contribution < -0.4 is 19.7 Å². The highest BCUT2D eigenvalue weighted by Gasteiger charge is 2.50. The molecule has 4 aliphatic rings. The minimum atomic E-state index is -4.55. The molecule has 1 spiro atoms. The number of aromatic amines is 1. The summed E-state index contributed by atoms with van der Waals surface area (Å²) in [7, 11) is -4.55. The van der Waals surface area contributed by atoms with Crippen LogP contribution in [0.3, 0.4) is 0 Å². The zero-order valence-corrected chi connectivity index (χ0v) is 36.3. The highest BCUT2D eigenvalue weighted by Crippen LogP contribution is 2.48. The first-order valence-electron chi connectivity index (χ1n) is 21.1. The second-order valence-electron chi connectivity index (χ2n) is 17.9. The quantitative estimate of drug-likeness (QED) is 0.0809. The number of halogens is 1. The van der Waals surface area contributed by atoms with Crippen molar-refractivity contribution < 1.29 is 27.6 Å². The lowest BCUT2D eigenvalue weighted by atomic mass is 9.71. The predicted octanol–water partition coefficient (Wildman–Crippen LogP) is 8.66. The second kappa shape index (κ2) is 16.7. The number of nitrogens with zero attached hydrogens (tertiary/aromatic N) is 4. The maximum absolute atomic E-state index is 14.0. The first kappa shape index (κ1) is 41.9. The molecule has 9 rings (SSSR count). The lowest BCUT2D eigenvalue weighted by Gasteiger charge is -2.53. The number of nitro groups is 1. The predicted molar refractivity (Wildman–Crippen MR) is 239 cm³/mol. The third-order valence-corrected chi connectivity index (χ3v) is 14.5. The lowest BCUT2D eigenvalue weighted by molar-refractivity contribution is -0.384. The molecule has 1 unspecified atom stereocenters. The minimum Gasteiger partial charge on any atom is -0.455 e. The molecule has 324 valence electrons. The van der Waals surface area contributed by atoms with Crippen molar-refractivity contribution in [3.8, 4) is 11.5 Å². The molecule has 14 nitrogen and oxygen atoms in total. The molecule has 16 heteroatoms. The van der Waals surface area contributed by atoms with E-state index in [1.54, 1.807) is 24.4 Å². The van der Waals surface area contributed by atoms with Gasteiger partial charge in [-0.25, -0.2) is 18.1 Å². The van der Waals surface area contributed by atoms with Gasteiger partial charge in [-0.15, -0.1) is 0 Å². The molecule has 5 heterocycles. The average molecular weight is 880 g/mol. The molecule has 5 aromatic rings. The second-order valence-corrected chi connectivity index (χ2v) is 20.0. The number of anilines is 2. The molecule has 0 bridgehead atoms. The summed E-state index contributed by atoms with van der Waals surface area (Å²) in [6.07, 6.45) is 10.6. The standard InChI is InChI=1S/C46H50ClN7O7S/c1-45(2)15-11-40(38(24-45)31-3-5-33(47)6-4-31)53-28-46(29-53)16-18-52(27-46)34-7-9-37(42(22-34)61-35-21-32-12-17-48-43(32)50-26-35)44(55)51-62(58,59)36-8-10-39(41(23-36)54(56)57)49-25-30-13-19-60-20-14-30/h3-10,12,17,21-24,26,30,40,49H,11,13-16,18-20,25,27-29H2,1-2H3,(H,48,50)(H,51,55). The highest BCUT2D eigenvalue weighted by atomic mass is 35.5. The fourth-order valence-electron chi connectivity index (χ4n) is 9.50. The van der Waals surface area contributed by atoms with Crippen molar-refractivity contribution in [1.29, 1.82) is 0 Å². The van der Waals surface area contributed by atoms with E-state index in [0.717, 1.165) is 80.4 Å². The van der Waals surface area contributed by atoms with E-state index in [9.17, 15) is 23.3 Å². The van der Waals surface area contributed by atoms with Gasteiger partial charge in [-0.3, -0.25) is 19.8 Å². The Hall–Kier alpha value is -5.48. The average Bonchev–Trinajstić information content (AvgIpc) is 3.91. The number of aromatic nitrogens is 2. The topological polar surface area (TPSA) is 172 Å². The molecule has 2 aromatic heterocycles. The molecule has 3 saturated heterocycles. The Labute approximate surface area is 365 Å². The minimum absolute atomic E-state index is 0.0267. The number of carbonyl (C=O) groups excluding carboxylic acids is 1. The number of sulfonamides is 1. The van der Waals surface area contributed by atoms with Crippen LogP contribution in [0.4, 0.5) is 17.1 Å². The van der Waals surface area contributed by atoms with Crippen molar-refractivity contribution in [2.24, 2.45) is 16.7 Å². The number of amides is 1. The van der Waals surface area contributed by atoms with Gasteiger partial charge in [-0.05, 0) is 103 Å². The summed E-state index contributed by atoms with van der Waals surface area (Å²) in [6, 6.07) is 20.9. The number of nitro benzene ring substituents is 1. The van der Waals surface area contributed by atoms with Crippen molar-refractivity contribution in [3.05, 3.63) is 118 Å². The van der Waals surface area contributed by atoms with Crippen LogP contribution >= 0.6 is 11.6 Å². The summed E-state index contributed by atoms with van der Waals surface area (Å²) in [4.78, 5) is 37.4. The summed E-state index contributed by atoms with van der Waals surface area (Å²) in [5.41, 5.74) is 4.06. The van der Waals surface area contributed by atoms with Gasteiger partial charge < -0.3 is 24.7 Å². The Morgan fingerprint density at radius 1 is 1.02 bits per heavy atom. The fourth-order valence-corrected chi connectivity index (χ4v) is 10.6. The Bertz CT molecular complexity index is 2660. The molecule has 3 fully saturated rings. The highest BCUT2D eigenvalue weighted by molar-refractivity contribution is 7.90. The summed E-state index contributed by atoms with van der Waals surface area (Å²) in [5.74, 6) is -0.168. The van der Waals surface area contributed by atoms with Crippen LogP contribution in [0.15, 0.2) is 96.2 Å². The number of likely N-dealkylation sites (tertiary alicyclic amines) is 1. The normalized spacial score (nSPS) is 20.1. The number of benzene rings is 3. The molecular weight excluding hydrogens is 830 g/mol. The smallest absolute Gasteiger partial charge is 0.293 e. The fraction of sp³-hybridized carbons (Fsp3) is 0.391. The Kier molecular flexibility index (Phi) is 11.2. The first-order chi connectivity index (χ1) is 29.7.